The zero-order valence-corrected chi connectivity index (χ0v) is 11.9. The fourth-order valence-electron chi connectivity index (χ4n) is 1.72. The van der Waals surface area contributed by atoms with Crippen LogP contribution in [0.5, 0.6) is 5.75 Å². The van der Waals surface area contributed by atoms with E-state index in [0.29, 0.717) is 24.6 Å². The number of rotatable bonds is 5. The molecule has 0 spiro atoms. The van der Waals surface area contributed by atoms with E-state index >= 15 is 0 Å². The molecule has 0 heterocycles. The largest absolute Gasteiger partial charge is 0.492 e. The van der Waals surface area contributed by atoms with E-state index in [2.05, 4.69) is 5.32 Å². The van der Waals surface area contributed by atoms with Crippen molar-refractivity contribution in [3.8, 4) is 5.75 Å². The lowest BCUT2D eigenvalue weighted by Crippen LogP contribution is -2.13. The number of amides is 1. The van der Waals surface area contributed by atoms with E-state index in [0.717, 1.165) is 0 Å². The smallest absolute Gasteiger partial charge is 0.257 e. The predicted octanol–water partition coefficient (Wildman–Crippen LogP) is 3.07. The Kier molecular flexibility index (Phi) is 5.14. The van der Waals surface area contributed by atoms with Crippen molar-refractivity contribution in [3.05, 3.63) is 58.9 Å². The maximum Gasteiger partial charge on any atom is 0.257 e. The first kappa shape index (κ1) is 15.3. The summed E-state index contributed by atoms with van der Waals surface area (Å²) >= 11 is 5.78. The van der Waals surface area contributed by atoms with Crippen molar-refractivity contribution in [1.82, 2.24) is 0 Å². The first-order valence-electron chi connectivity index (χ1n) is 6.30. The Labute approximate surface area is 126 Å². The van der Waals surface area contributed by atoms with Crippen LogP contribution < -0.4 is 15.8 Å². The fourth-order valence-corrected chi connectivity index (χ4v) is 1.93. The van der Waals surface area contributed by atoms with Gasteiger partial charge in [-0.05, 0) is 24.3 Å². The van der Waals surface area contributed by atoms with Crippen LogP contribution in [0, 0.1) is 5.82 Å². The minimum atomic E-state index is -0.635. The van der Waals surface area contributed by atoms with E-state index in [1.54, 1.807) is 24.3 Å². The van der Waals surface area contributed by atoms with Gasteiger partial charge in [0, 0.05) is 18.3 Å². The normalized spacial score (nSPS) is 10.2. The second kappa shape index (κ2) is 7.06. The quantitative estimate of drug-likeness (QED) is 0.892. The molecule has 0 unspecified atom stereocenters. The van der Waals surface area contributed by atoms with E-state index in [1.807, 2.05) is 0 Å². The van der Waals surface area contributed by atoms with Crippen LogP contribution in [0.3, 0.4) is 0 Å². The van der Waals surface area contributed by atoms with Crippen LogP contribution in [-0.2, 0) is 0 Å². The highest BCUT2D eigenvalue weighted by Gasteiger charge is 2.13. The van der Waals surface area contributed by atoms with Crippen molar-refractivity contribution < 1.29 is 13.9 Å². The van der Waals surface area contributed by atoms with Crippen molar-refractivity contribution in [2.24, 2.45) is 5.73 Å². The standard InChI is InChI=1S/C15H14ClFN2O2/c16-14-12(5-2-6-13(14)17)15(20)19-10-3-1-4-11(9-10)21-8-7-18/h1-6,9H,7-8,18H2,(H,19,20). The first-order chi connectivity index (χ1) is 10.1. The van der Waals surface area contributed by atoms with Gasteiger partial charge in [0.15, 0.2) is 0 Å². The highest BCUT2D eigenvalue weighted by atomic mass is 35.5. The van der Waals surface area contributed by atoms with Crippen LogP contribution >= 0.6 is 11.6 Å². The Bertz CT molecular complexity index is 649. The molecule has 4 nitrogen and oxygen atoms in total. The van der Waals surface area contributed by atoms with E-state index in [9.17, 15) is 9.18 Å². The van der Waals surface area contributed by atoms with Gasteiger partial charge in [-0.2, -0.15) is 0 Å². The predicted molar refractivity (Wildman–Crippen MR) is 80.4 cm³/mol. The van der Waals surface area contributed by atoms with Gasteiger partial charge in [-0.15, -0.1) is 0 Å². The number of halogens is 2. The van der Waals surface area contributed by atoms with E-state index in [4.69, 9.17) is 22.1 Å². The minimum absolute atomic E-state index is 0.0740. The lowest BCUT2D eigenvalue weighted by atomic mass is 10.2. The lowest BCUT2D eigenvalue weighted by Gasteiger charge is -2.09. The molecule has 0 aromatic heterocycles. The number of hydrogen-bond acceptors (Lipinski definition) is 3. The molecular formula is C15H14ClFN2O2. The monoisotopic (exact) mass is 308 g/mol. The molecule has 6 heteroatoms. The number of ether oxygens (including phenoxy) is 1. The lowest BCUT2D eigenvalue weighted by molar-refractivity contribution is 0.102. The Balaban J connectivity index is 2.14. The number of carbonyl (C=O) groups is 1. The molecule has 0 fully saturated rings. The second-order valence-electron chi connectivity index (χ2n) is 4.22. The molecule has 2 aromatic rings. The van der Waals surface area contributed by atoms with Crippen LogP contribution in [0.2, 0.25) is 5.02 Å². The van der Waals surface area contributed by atoms with Crippen LogP contribution in [-0.4, -0.2) is 19.1 Å². The molecule has 0 bridgehead atoms. The number of hydrogen-bond donors (Lipinski definition) is 2. The third-order valence-corrected chi connectivity index (χ3v) is 3.06. The van der Waals surface area contributed by atoms with Crippen molar-refractivity contribution in [2.45, 2.75) is 0 Å². The molecule has 0 aliphatic rings. The van der Waals surface area contributed by atoms with Gasteiger partial charge in [-0.25, -0.2) is 4.39 Å². The number of benzene rings is 2. The minimum Gasteiger partial charge on any atom is -0.492 e. The third-order valence-electron chi connectivity index (χ3n) is 2.67. The second-order valence-corrected chi connectivity index (χ2v) is 4.60. The van der Waals surface area contributed by atoms with Gasteiger partial charge in [-0.3, -0.25) is 4.79 Å². The van der Waals surface area contributed by atoms with Crippen LogP contribution in [0.25, 0.3) is 0 Å². The van der Waals surface area contributed by atoms with Gasteiger partial charge in [0.1, 0.15) is 18.2 Å². The summed E-state index contributed by atoms with van der Waals surface area (Å²) in [7, 11) is 0. The molecule has 0 saturated carbocycles. The summed E-state index contributed by atoms with van der Waals surface area (Å²) in [6, 6.07) is 10.9. The first-order valence-corrected chi connectivity index (χ1v) is 6.68. The average Bonchev–Trinajstić information content (AvgIpc) is 2.48. The van der Waals surface area contributed by atoms with Crippen molar-refractivity contribution >= 4 is 23.2 Å². The maximum atomic E-state index is 13.3. The Morgan fingerprint density at radius 2 is 2.05 bits per heavy atom. The van der Waals surface area contributed by atoms with Gasteiger partial charge >= 0.3 is 0 Å². The maximum absolute atomic E-state index is 13.3. The van der Waals surface area contributed by atoms with Crippen molar-refractivity contribution in [3.63, 3.8) is 0 Å². The fraction of sp³-hybridized carbons (Fsp3) is 0.133. The summed E-state index contributed by atoms with van der Waals surface area (Å²) < 4.78 is 18.7. The molecule has 2 aromatic carbocycles. The summed E-state index contributed by atoms with van der Waals surface area (Å²) in [5.41, 5.74) is 5.95. The zero-order valence-electron chi connectivity index (χ0n) is 11.1. The molecule has 110 valence electrons. The molecule has 1 amide bonds. The Morgan fingerprint density at radius 1 is 1.29 bits per heavy atom. The van der Waals surface area contributed by atoms with E-state index < -0.39 is 11.7 Å². The molecule has 21 heavy (non-hydrogen) atoms. The SMILES string of the molecule is NCCOc1cccc(NC(=O)c2cccc(F)c2Cl)c1. The van der Waals surface area contributed by atoms with Gasteiger partial charge < -0.3 is 15.8 Å². The van der Waals surface area contributed by atoms with Crippen LogP contribution in [0.15, 0.2) is 42.5 Å². The summed E-state index contributed by atoms with van der Waals surface area (Å²) in [4.78, 5) is 12.1. The van der Waals surface area contributed by atoms with E-state index in [-0.39, 0.29) is 10.6 Å². The van der Waals surface area contributed by atoms with Gasteiger partial charge in [-0.1, -0.05) is 23.7 Å². The summed E-state index contributed by atoms with van der Waals surface area (Å²) in [5, 5.41) is 2.44. The third kappa shape index (κ3) is 3.93. The highest BCUT2D eigenvalue weighted by molar-refractivity contribution is 6.34. The topological polar surface area (TPSA) is 64.3 Å². The molecule has 3 N–H and O–H groups in total. The van der Waals surface area contributed by atoms with Crippen molar-refractivity contribution in [2.75, 3.05) is 18.5 Å². The van der Waals surface area contributed by atoms with Gasteiger partial charge in [0.25, 0.3) is 5.91 Å². The summed E-state index contributed by atoms with van der Waals surface area (Å²) in [5.74, 6) is -0.539. The molecule has 2 rings (SSSR count). The van der Waals surface area contributed by atoms with Crippen LogP contribution in [0.4, 0.5) is 10.1 Å². The summed E-state index contributed by atoms with van der Waals surface area (Å²) in [6.07, 6.45) is 0. The number of carbonyl (C=O) groups excluding carboxylic acids is 1. The van der Waals surface area contributed by atoms with Crippen LogP contribution in [0.1, 0.15) is 10.4 Å². The van der Waals surface area contributed by atoms with Gasteiger partial charge in [0.2, 0.25) is 0 Å². The number of anilines is 1. The Hall–Kier alpha value is -2.11. The number of nitrogens with two attached hydrogens (primary N) is 1. The van der Waals surface area contributed by atoms with Gasteiger partial charge in [0.05, 0.1) is 10.6 Å². The van der Waals surface area contributed by atoms with Crippen molar-refractivity contribution in [1.29, 1.82) is 0 Å². The Morgan fingerprint density at radius 3 is 2.81 bits per heavy atom. The molecule has 0 aliphatic carbocycles. The zero-order chi connectivity index (χ0) is 15.2. The summed E-state index contributed by atoms with van der Waals surface area (Å²) in [6.45, 7) is 0.780. The average molecular weight is 309 g/mol. The molecule has 0 radical (unpaired) electrons. The molecule has 0 atom stereocenters. The molecule has 0 saturated heterocycles. The van der Waals surface area contributed by atoms with E-state index in [1.165, 1.54) is 18.2 Å². The molecular weight excluding hydrogens is 295 g/mol. The number of nitrogens with one attached hydrogen (secondary N) is 1. The highest BCUT2D eigenvalue weighted by Crippen LogP contribution is 2.22. The molecule has 0 aliphatic heterocycles.